The van der Waals surface area contributed by atoms with Crippen LogP contribution in [0.4, 0.5) is 5.69 Å². The zero-order valence-electron chi connectivity index (χ0n) is 16.4. The third kappa shape index (κ3) is 3.59. The summed E-state index contributed by atoms with van der Waals surface area (Å²) in [7, 11) is -3.26. The van der Waals surface area contributed by atoms with Crippen LogP contribution in [0.2, 0.25) is 0 Å². The van der Waals surface area contributed by atoms with Gasteiger partial charge in [-0.15, -0.1) is 0 Å². The molecule has 0 bridgehead atoms. The van der Waals surface area contributed by atoms with Gasteiger partial charge in [0.05, 0.1) is 28.1 Å². The van der Waals surface area contributed by atoms with Gasteiger partial charge in [0.2, 0.25) is 0 Å². The molecule has 2 aromatic heterocycles. The molecule has 0 fully saturated rings. The van der Waals surface area contributed by atoms with Crippen LogP contribution < -0.4 is 10.9 Å². The largest absolute Gasteiger partial charge is 0.322 e. The lowest BCUT2D eigenvalue weighted by Gasteiger charge is -2.10. The van der Waals surface area contributed by atoms with Gasteiger partial charge in [0.1, 0.15) is 11.2 Å². The number of sulfone groups is 1. The second-order valence-electron chi connectivity index (χ2n) is 7.30. The van der Waals surface area contributed by atoms with Gasteiger partial charge >= 0.3 is 0 Å². The van der Waals surface area contributed by atoms with E-state index < -0.39 is 21.0 Å². The predicted octanol–water partition coefficient (Wildman–Crippen LogP) is 2.75. The standard InChI is InChI=1S/C21H20N4O4S/c1-13(2)30(28,29)12-14-6-5-7-15(10-14)23-21(27)17-11-22-25-18-9-4-3-8-16(18)20(26)24-19(17)25/h3-11,13H,12H2,1-2H3,(H,23,27)(H,24,26). The second-order valence-corrected chi connectivity index (χ2v) is 9.86. The summed E-state index contributed by atoms with van der Waals surface area (Å²) in [6.45, 7) is 3.27. The van der Waals surface area contributed by atoms with E-state index >= 15 is 0 Å². The molecule has 0 aliphatic heterocycles. The molecule has 2 N–H and O–H groups in total. The molecule has 4 aromatic rings. The second kappa shape index (κ2) is 7.42. The Kier molecular flexibility index (Phi) is 4.90. The quantitative estimate of drug-likeness (QED) is 0.511. The Morgan fingerprint density at radius 2 is 1.93 bits per heavy atom. The van der Waals surface area contributed by atoms with E-state index in [1.807, 2.05) is 0 Å². The summed E-state index contributed by atoms with van der Waals surface area (Å²) in [4.78, 5) is 27.9. The molecule has 9 heteroatoms. The summed E-state index contributed by atoms with van der Waals surface area (Å²) in [5.41, 5.74) is 1.82. The van der Waals surface area contributed by atoms with E-state index in [0.29, 0.717) is 22.2 Å². The van der Waals surface area contributed by atoms with Gasteiger partial charge in [0.15, 0.2) is 9.84 Å². The van der Waals surface area contributed by atoms with Crippen LogP contribution in [0.5, 0.6) is 0 Å². The fraction of sp³-hybridized carbons (Fsp3) is 0.190. The molecule has 2 aromatic carbocycles. The van der Waals surface area contributed by atoms with Gasteiger partial charge in [0, 0.05) is 5.69 Å². The van der Waals surface area contributed by atoms with Gasteiger partial charge in [-0.3, -0.25) is 9.59 Å². The van der Waals surface area contributed by atoms with E-state index in [4.69, 9.17) is 0 Å². The van der Waals surface area contributed by atoms with Crippen molar-refractivity contribution in [1.29, 1.82) is 0 Å². The summed E-state index contributed by atoms with van der Waals surface area (Å²) in [5, 5.41) is 6.98. The number of benzene rings is 2. The molecule has 8 nitrogen and oxygen atoms in total. The molecule has 0 spiro atoms. The molecular formula is C21H20N4O4S. The Labute approximate surface area is 172 Å². The van der Waals surface area contributed by atoms with Crippen LogP contribution in [0.25, 0.3) is 16.6 Å². The van der Waals surface area contributed by atoms with E-state index in [1.54, 1.807) is 62.4 Å². The lowest BCUT2D eigenvalue weighted by atomic mass is 10.2. The highest BCUT2D eigenvalue weighted by atomic mass is 32.2. The van der Waals surface area contributed by atoms with Crippen molar-refractivity contribution >= 4 is 38.0 Å². The van der Waals surface area contributed by atoms with Crippen LogP contribution in [0, 0.1) is 0 Å². The average Bonchev–Trinajstić information content (AvgIpc) is 3.12. The van der Waals surface area contributed by atoms with Crippen LogP contribution in [0.1, 0.15) is 29.8 Å². The Morgan fingerprint density at radius 3 is 2.70 bits per heavy atom. The molecule has 0 saturated heterocycles. The predicted molar refractivity (Wildman–Crippen MR) is 115 cm³/mol. The number of anilines is 1. The lowest BCUT2D eigenvalue weighted by Crippen LogP contribution is -2.17. The van der Waals surface area contributed by atoms with E-state index in [-0.39, 0.29) is 22.5 Å². The van der Waals surface area contributed by atoms with Crippen molar-refractivity contribution < 1.29 is 13.2 Å². The SMILES string of the molecule is CC(C)S(=O)(=O)Cc1cccc(NC(=O)c2cnn3c2[nH]c(=O)c2ccccc23)c1. The molecule has 4 rings (SSSR count). The van der Waals surface area contributed by atoms with E-state index in [2.05, 4.69) is 15.4 Å². The highest BCUT2D eigenvalue weighted by molar-refractivity contribution is 7.91. The third-order valence-electron chi connectivity index (χ3n) is 4.89. The molecule has 0 aliphatic rings. The Morgan fingerprint density at radius 1 is 1.17 bits per heavy atom. The van der Waals surface area contributed by atoms with Crippen molar-refractivity contribution in [1.82, 2.24) is 14.6 Å². The minimum absolute atomic E-state index is 0.107. The molecule has 30 heavy (non-hydrogen) atoms. The van der Waals surface area contributed by atoms with E-state index in [1.165, 1.54) is 10.7 Å². The van der Waals surface area contributed by atoms with Gasteiger partial charge < -0.3 is 10.3 Å². The Balaban J connectivity index is 1.66. The van der Waals surface area contributed by atoms with Crippen molar-refractivity contribution in [3.05, 3.63) is 76.2 Å². The molecule has 0 saturated carbocycles. The molecule has 1 amide bonds. The van der Waals surface area contributed by atoms with Crippen molar-refractivity contribution in [3.63, 3.8) is 0 Å². The monoisotopic (exact) mass is 424 g/mol. The van der Waals surface area contributed by atoms with Crippen LogP contribution in [-0.2, 0) is 15.6 Å². The highest BCUT2D eigenvalue weighted by Crippen LogP contribution is 2.18. The summed E-state index contributed by atoms with van der Waals surface area (Å²) >= 11 is 0. The summed E-state index contributed by atoms with van der Waals surface area (Å²) in [6.07, 6.45) is 1.39. The number of carbonyl (C=O) groups excluding carboxylic acids is 1. The number of amides is 1. The normalized spacial score (nSPS) is 12.0. The maximum Gasteiger partial charge on any atom is 0.261 e. The van der Waals surface area contributed by atoms with Crippen LogP contribution in [0.15, 0.2) is 59.5 Å². The van der Waals surface area contributed by atoms with Gasteiger partial charge in [-0.05, 0) is 43.7 Å². The van der Waals surface area contributed by atoms with Crippen LogP contribution >= 0.6 is 0 Å². The van der Waals surface area contributed by atoms with Crippen LogP contribution in [0.3, 0.4) is 0 Å². The molecular weight excluding hydrogens is 404 g/mol. The van der Waals surface area contributed by atoms with Crippen molar-refractivity contribution in [2.75, 3.05) is 5.32 Å². The third-order valence-corrected chi connectivity index (χ3v) is 7.07. The highest BCUT2D eigenvalue weighted by Gasteiger charge is 2.19. The first-order chi connectivity index (χ1) is 14.3. The molecule has 0 aliphatic carbocycles. The van der Waals surface area contributed by atoms with Gasteiger partial charge in [0.25, 0.3) is 11.5 Å². The fourth-order valence-electron chi connectivity index (χ4n) is 3.18. The van der Waals surface area contributed by atoms with Crippen molar-refractivity contribution in [2.24, 2.45) is 0 Å². The fourth-order valence-corrected chi connectivity index (χ4v) is 4.16. The minimum atomic E-state index is -3.26. The molecule has 154 valence electrons. The number of fused-ring (bicyclic) bond motifs is 3. The average molecular weight is 424 g/mol. The van der Waals surface area contributed by atoms with E-state index in [9.17, 15) is 18.0 Å². The van der Waals surface area contributed by atoms with Gasteiger partial charge in [-0.1, -0.05) is 24.3 Å². The number of aromatic nitrogens is 3. The molecule has 0 atom stereocenters. The smallest absolute Gasteiger partial charge is 0.261 e. The number of H-pyrrole nitrogens is 1. The number of carbonyl (C=O) groups is 1. The number of nitrogens with zero attached hydrogens (tertiary/aromatic N) is 2. The zero-order valence-corrected chi connectivity index (χ0v) is 17.2. The number of hydrogen-bond donors (Lipinski definition) is 2. The van der Waals surface area contributed by atoms with Crippen LogP contribution in [-0.4, -0.2) is 34.2 Å². The number of rotatable bonds is 5. The molecule has 0 radical (unpaired) electrons. The maximum atomic E-state index is 12.8. The Hall–Kier alpha value is -3.46. The summed E-state index contributed by atoms with van der Waals surface area (Å²) in [6, 6.07) is 13.7. The van der Waals surface area contributed by atoms with Gasteiger partial charge in [-0.2, -0.15) is 5.10 Å². The number of aromatic amines is 1. The molecule has 2 heterocycles. The first-order valence-corrected chi connectivity index (χ1v) is 11.1. The minimum Gasteiger partial charge on any atom is -0.322 e. The maximum absolute atomic E-state index is 12.8. The van der Waals surface area contributed by atoms with Crippen molar-refractivity contribution in [2.45, 2.75) is 24.9 Å². The zero-order chi connectivity index (χ0) is 21.5. The topological polar surface area (TPSA) is 113 Å². The first-order valence-electron chi connectivity index (χ1n) is 9.37. The summed E-state index contributed by atoms with van der Waals surface area (Å²) in [5.74, 6) is -0.565. The number of hydrogen-bond acceptors (Lipinski definition) is 5. The molecule has 0 unspecified atom stereocenters. The lowest BCUT2D eigenvalue weighted by molar-refractivity contribution is 0.102. The summed E-state index contributed by atoms with van der Waals surface area (Å²) < 4.78 is 25.9. The van der Waals surface area contributed by atoms with Gasteiger partial charge in [-0.25, -0.2) is 12.9 Å². The first kappa shape index (κ1) is 19.8. The number of nitrogens with one attached hydrogen (secondary N) is 2. The number of para-hydroxylation sites is 1. The van der Waals surface area contributed by atoms with E-state index in [0.717, 1.165) is 0 Å². The Bertz CT molecular complexity index is 1430. The van der Waals surface area contributed by atoms with Crippen molar-refractivity contribution in [3.8, 4) is 0 Å².